The third kappa shape index (κ3) is 2.19. The highest BCUT2D eigenvalue weighted by atomic mass is 32.1. The minimum Gasteiger partial charge on any atom is -0.375 e. The highest BCUT2D eigenvalue weighted by Crippen LogP contribution is 2.26. The van der Waals surface area contributed by atoms with Gasteiger partial charge in [0.05, 0.1) is 5.52 Å². The Morgan fingerprint density at radius 2 is 2.22 bits per heavy atom. The van der Waals surface area contributed by atoms with Crippen molar-refractivity contribution in [3.63, 3.8) is 0 Å². The van der Waals surface area contributed by atoms with Crippen LogP contribution in [-0.2, 0) is 13.5 Å². The second-order valence-electron chi connectivity index (χ2n) is 4.04. The summed E-state index contributed by atoms with van der Waals surface area (Å²) < 4.78 is 6.11. The molecule has 0 atom stereocenters. The summed E-state index contributed by atoms with van der Waals surface area (Å²) in [6.45, 7) is 0.816. The molecule has 3 rings (SSSR count). The molecule has 0 aliphatic rings. The van der Waals surface area contributed by atoms with Gasteiger partial charge in [0.25, 0.3) is 0 Å². The number of hydrogen-bond donors (Lipinski definition) is 1. The first-order valence-electron chi connectivity index (χ1n) is 5.76. The van der Waals surface area contributed by atoms with Gasteiger partial charge in [-0.1, -0.05) is 12.1 Å². The van der Waals surface area contributed by atoms with Crippen molar-refractivity contribution in [1.29, 1.82) is 0 Å². The van der Waals surface area contributed by atoms with E-state index in [1.807, 2.05) is 25.2 Å². The molecule has 0 unspecified atom stereocenters. The van der Waals surface area contributed by atoms with Crippen LogP contribution < -0.4 is 5.32 Å². The maximum absolute atomic E-state index is 4.39. The van der Waals surface area contributed by atoms with E-state index in [-0.39, 0.29) is 0 Å². The van der Waals surface area contributed by atoms with E-state index in [4.69, 9.17) is 0 Å². The topological polar surface area (TPSA) is 55.6 Å². The third-order valence-electron chi connectivity index (χ3n) is 2.67. The Bertz CT molecular complexity index is 657. The molecule has 0 radical (unpaired) electrons. The number of benzene rings is 1. The van der Waals surface area contributed by atoms with Crippen molar-refractivity contribution in [2.75, 3.05) is 11.9 Å². The maximum atomic E-state index is 4.39. The van der Waals surface area contributed by atoms with Crippen molar-refractivity contribution < 1.29 is 0 Å². The Hall–Kier alpha value is -1.95. The van der Waals surface area contributed by atoms with Crippen molar-refractivity contribution in [2.45, 2.75) is 6.42 Å². The van der Waals surface area contributed by atoms with Crippen LogP contribution in [0, 0.1) is 0 Å². The number of aryl methyl sites for hydroxylation is 1. The smallest absolute Gasteiger partial charge is 0.152 e. The lowest BCUT2D eigenvalue weighted by Gasteiger charge is -2.01. The summed E-state index contributed by atoms with van der Waals surface area (Å²) in [5.74, 6) is 0.860. The first-order valence-corrected chi connectivity index (χ1v) is 6.53. The lowest BCUT2D eigenvalue weighted by Crippen LogP contribution is -2.05. The lowest BCUT2D eigenvalue weighted by atomic mass is 10.2. The number of aromatic nitrogens is 4. The monoisotopic (exact) mass is 259 g/mol. The summed E-state index contributed by atoms with van der Waals surface area (Å²) in [5.41, 5.74) is 1.04. The SMILES string of the molecule is Cn1cnc(CCNc2snc3ccccc23)n1. The van der Waals surface area contributed by atoms with E-state index in [1.165, 1.54) is 16.9 Å². The fourth-order valence-electron chi connectivity index (χ4n) is 1.80. The molecule has 0 bridgehead atoms. The Labute approximate surface area is 109 Å². The Morgan fingerprint density at radius 1 is 1.33 bits per heavy atom. The molecule has 0 spiro atoms. The van der Waals surface area contributed by atoms with Crippen molar-refractivity contribution in [1.82, 2.24) is 19.1 Å². The fraction of sp³-hybridized carbons (Fsp3) is 0.250. The van der Waals surface area contributed by atoms with E-state index in [0.29, 0.717) is 0 Å². The van der Waals surface area contributed by atoms with Crippen LogP contribution in [0.15, 0.2) is 30.6 Å². The van der Waals surface area contributed by atoms with E-state index in [9.17, 15) is 0 Å². The Morgan fingerprint density at radius 3 is 3.06 bits per heavy atom. The van der Waals surface area contributed by atoms with Crippen LogP contribution in [0.2, 0.25) is 0 Å². The molecule has 92 valence electrons. The van der Waals surface area contributed by atoms with Gasteiger partial charge in [0.2, 0.25) is 0 Å². The number of anilines is 1. The van der Waals surface area contributed by atoms with Gasteiger partial charge in [0.15, 0.2) is 5.82 Å². The normalized spacial score (nSPS) is 10.9. The zero-order chi connectivity index (χ0) is 12.4. The van der Waals surface area contributed by atoms with Crippen LogP contribution in [0.5, 0.6) is 0 Å². The highest BCUT2D eigenvalue weighted by Gasteiger charge is 2.05. The maximum Gasteiger partial charge on any atom is 0.152 e. The number of nitrogens with one attached hydrogen (secondary N) is 1. The van der Waals surface area contributed by atoms with Gasteiger partial charge in [0, 0.05) is 25.4 Å². The second kappa shape index (κ2) is 4.73. The van der Waals surface area contributed by atoms with E-state index in [1.54, 1.807) is 11.0 Å². The quantitative estimate of drug-likeness (QED) is 0.779. The molecule has 3 aromatic rings. The van der Waals surface area contributed by atoms with Crippen molar-refractivity contribution >= 4 is 27.4 Å². The Balaban J connectivity index is 1.66. The van der Waals surface area contributed by atoms with Crippen LogP contribution in [-0.4, -0.2) is 25.7 Å². The van der Waals surface area contributed by atoms with E-state index in [0.717, 1.165) is 29.3 Å². The zero-order valence-electron chi connectivity index (χ0n) is 10.00. The van der Waals surface area contributed by atoms with Crippen molar-refractivity contribution in [3.8, 4) is 0 Å². The van der Waals surface area contributed by atoms with Gasteiger partial charge in [-0.3, -0.25) is 4.68 Å². The van der Waals surface area contributed by atoms with Gasteiger partial charge in [-0.15, -0.1) is 0 Å². The summed E-state index contributed by atoms with van der Waals surface area (Å²) in [7, 11) is 1.88. The number of hydrogen-bond acceptors (Lipinski definition) is 5. The number of rotatable bonds is 4. The van der Waals surface area contributed by atoms with Gasteiger partial charge in [0.1, 0.15) is 11.3 Å². The minimum atomic E-state index is 0.813. The molecule has 0 saturated carbocycles. The number of nitrogens with zero attached hydrogens (tertiary/aromatic N) is 4. The predicted molar refractivity (Wildman–Crippen MR) is 72.8 cm³/mol. The molecule has 1 N–H and O–H groups in total. The summed E-state index contributed by atoms with van der Waals surface area (Å²) in [6, 6.07) is 8.14. The molecule has 18 heavy (non-hydrogen) atoms. The van der Waals surface area contributed by atoms with Gasteiger partial charge in [-0.25, -0.2) is 4.98 Å². The molecule has 0 aliphatic heterocycles. The van der Waals surface area contributed by atoms with Gasteiger partial charge < -0.3 is 5.32 Å². The fourth-order valence-corrected chi connectivity index (χ4v) is 2.59. The van der Waals surface area contributed by atoms with Crippen molar-refractivity contribution in [3.05, 3.63) is 36.4 Å². The van der Waals surface area contributed by atoms with Crippen molar-refractivity contribution in [2.24, 2.45) is 7.05 Å². The van der Waals surface area contributed by atoms with Gasteiger partial charge in [-0.05, 0) is 23.7 Å². The average molecular weight is 259 g/mol. The summed E-state index contributed by atoms with van der Waals surface area (Å²) in [4.78, 5) is 4.20. The molecule has 6 heteroatoms. The van der Waals surface area contributed by atoms with Gasteiger partial charge >= 0.3 is 0 Å². The summed E-state index contributed by atoms with van der Waals surface area (Å²) >= 11 is 1.50. The molecule has 2 heterocycles. The zero-order valence-corrected chi connectivity index (χ0v) is 10.8. The molecule has 0 fully saturated rings. The molecule has 1 aromatic carbocycles. The molecule has 0 saturated heterocycles. The molecule has 2 aromatic heterocycles. The standard InChI is InChI=1S/C12H13N5S/c1-17-8-14-11(15-17)6-7-13-12-9-4-2-3-5-10(9)16-18-12/h2-5,8,13H,6-7H2,1H3. The van der Waals surface area contributed by atoms with E-state index < -0.39 is 0 Å². The van der Waals surface area contributed by atoms with E-state index in [2.05, 4.69) is 25.8 Å². The minimum absolute atomic E-state index is 0.813. The van der Waals surface area contributed by atoms with Crippen LogP contribution in [0.3, 0.4) is 0 Å². The van der Waals surface area contributed by atoms with Gasteiger partial charge in [-0.2, -0.15) is 9.47 Å². The summed E-state index contributed by atoms with van der Waals surface area (Å²) in [6.07, 6.45) is 2.53. The van der Waals surface area contributed by atoms with E-state index >= 15 is 0 Å². The average Bonchev–Trinajstić information content (AvgIpc) is 2.97. The first-order chi connectivity index (χ1) is 8.83. The highest BCUT2D eigenvalue weighted by molar-refractivity contribution is 7.11. The molecule has 0 aliphatic carbocycles. The van der Waals surface area contributed by atoms with Crippen LogP contribution in [0.1, 0.15) is 5.82 Å². The molecule has 0 amide bonds. The third-order valence-corrected chi connectivity index (χ3v) is 3.50. The molecular weight excluding hydrogens is 246 g/mol. The van der Waals surface area contributed by atoms with Crippen LogP contribution in [0.25, 0.3) is 10.9 Å². The largest absolute Gasteiger partial charge is 0.375 e. The van der Waals surface area contributed by atoms with Crippen LogP contribution in [0.4, 0.5) is 5.00 Å². The molecular formula is C12H13N5S. The summed E-state index contributed by atoms with van der Waals surface area (Å²) in [5, 5.41) is 9.93. The van der Waals surface area contributed by atoms with Crippen LogP contribution >= 0.6 is 11.5 Å². The lowest BCUT2D eigenvalue weighted by molar-refractivity contribution is 0.742. The Kier molecular flexibility index (Phi) is 2.93. The number of fused-ring (bicyclic) bond motifs is 1. The first kappa shape index (κ1) is 11.2. The second-order valence-corrected chi connectivity index (χ2v) is 4.81. The molecule has 5 nitrogen and oxygen atoms in total. The predicted octanol–water partition coefficient (Wildman–Crippen LogP) is 2.08.